The molecule has 0 unspecified atom stereocenters. The van der Waals surface area contributed by atoms with Crippen molar-refractivity contribution >= 4 is 5.91 Å². The van der Waals surface area contributed by atoms with Crippen molar-refractivity contribution in [3.05, 3.63) is 28.9 Å². The molecule has 134 valence electrons. The van der Waals surface area contributed by atoms with E-state index >= 15 is 0 Å². The summed E-state index contributed by atoms with van der Waals surface area (Å²) in [6, 6.07) is 0.172. The largest absolute Gasteiger partial charge is 0.381 e. The van der Waals surface area contributed by atoms with Gasteiger partial charge in [0.1, 0.15) is 17.1 Å². The number of β-amino-alcohol motifs (C(OH)–C–C–N with tert-alkyl or cyclic N) is 1. The third-order valence-electron chi connectivity index (χ3n) is 5.20. The highest BCUT2D eigenvalue weighted by atomic mass is 16.5. The third kappa shape index (κ3) is 2.74. The van der Waals surface area contributed by atoms with Crippen LogP contribution in [0.25, 0.3) is 0 Å². The van der Waals surface area contributed by atoms with Gasteiger partial charge in [0.25, 0.3) is 5.91 Å². The molecule has 1 atom stereocenters. The SMILES string of the molecule is CC(C)n1cc([C@]2(O)CCN(C(=O)c3noc4c3CCCC4)C2)nn1. The van der Waals surface area contributed by atoms with Crippen molar-refractivity contribution in [1.29, 1.82) is 0 Å². The fourth-order valence-corrected chi connectivity index (χ4v) is 3.62. The molecule has 3 heterocycles. The van der Waals surface area contributed by atoms with Gasteiger partial charge in [0, 0.05) is 31.0 Å². The van der Waals surface area contributed by atoms with E-state index in [-0.39, 0.29) is 18.5 Å². The van der Waals surface area contributed by atoms with Gasteiger partial charge in [-0.25, -0.2) is 4.68 Å². The summed E-state index contributed by atoms with van der Waals surface area (Å²) in [6.45, 7) is 4.66. The molecule has 25 heavy (non-hydrogen) atoms. The Balaban J connectivity index is 1.53. The Morgan fingerprint density at radius 2 is 2.16 bits per heavy atom. The summed E-state index contributed by atoms with van der Waals surface area (Å²) in [5, 5.41) is 23.1. The zero-order valence-electron chi connectivity index (χ0n) is 14.6. The highest BCUT2D eigenvalue weighted by molar-refractivity contribution is 5.94. The number of aromatic nitrogens is 4. The molecular formula is C17H23N5O3. The fourth-order valence-electron chi connectivity index (χ4n) is 3.62. The van der Waals surface area contributed by atoms with Crippen LogP contribution in [0.4, 0.5) is 0 Å². The number of rotatable bonds is 3. The second-order valence-corrected chi connectivity index (χ2v) is 7.33. The number of carbonyl (C=O) groups excluding carboxylic acids is 1. The standard InChI is InChI=1S/C17H23N5O3/c1-11(2)22-9-14(18-20-22)17(24)7-8-21(10-17)16(23)15-12-5-3-4-6-13(12)25-19-15/h9,11,24H,3-8,10H2,1-2H3/t17-/m0/s1. The van der Waals surface area contributed by atoms with Gasteiger partial charge in [-0.3, -0.25) is 4.79 Å². The summed E-state index contributed by atoms with van der Waals surface area (Å²) >= 11 is 0. The smallest absolute Gasteiger partial charge is 0.276 e. The van der Waals surface area contributed by atoms with Crippen LogP contribution < -0.4 is 0 Å². The number of aliphatic hydroxyl groups is 1. The predicted octanol–water partition coefficient (Wildman–Crippen LogP) is 1.46. The van der Waals surface area contributed by atoms with Gasteiger partial charge < -0.3 is 14.5 Å². The lowest BCUT2D eigenvalue weighted by molar-refractivity contribution is 0.0378. The van der Waals surface area contributed by atoms with E-state index in [1.807, 2.05) is 13.8 Å². The average Bonchev–Trinajstić information content (AvgIpc) is 3.32. The maximum absolute atomic E-state index is 12.9. The number of aryl methyl sites for hydroxylation is 1. The monoisotopic (exact) mass is 345 g/mol. The van der Waals surface area contributed by atoms with Crippen molar-refractivity contribution in [2.45, 2.75) is 57.6 Å². The summed E-state index contributed by atoms with van der Waals surface area (Å²) in [4.78, 5) is 14.5. The van der Waals surface area contributed by atoms with Crippen molar-refractivity contribution < 1.29 is 14.4 Å². The normalized spacial score (nSPS) is 23.3. The zero-order valence-corrected chi connectivity index (χ0v) is 14.6. The van der Waals surface area contributed by atoms with Crippen molar-refractivity contribution in [2.75, 3.05) is 13.1 Å². The van der Waals surface area contributed by atoms with Gasteiger partial charge in [0.05, 0.1) is 12.7 Å². The summed E-state index contributed by atoms with van der Waals surface area (Å²) in [6.07, 6.45) is 6.01. The average molecular weight is 345 g/mol. The van der Waals surface area contributed by atoms with Crippen molar-refractivity contribution in [2.24, 2.45) is 0 Å². The van der Waals surface area contributed by atoms with Crippen LogP contribution in [0, 0.1) is 0 Å². The summed E-state index contributed by atoms with van der Waals surface area (Å²) in [5.74, 6) is 0.669. The highest BCUT2D eigenvalue weighted by Gasteiger charge is 2.43. The minimum Gasteiger partial charge on any atom is -0.381 e. The molecule has 0 radical (unpaired) electrons. The number of amides is 1. The Hall–Kier alpha value is -2.22. The van der Waals surface area contributed by atoms with Crippen molar-refractivity contribution in [3.63, 3.8) is 0 Å². The molecular weight excluding hydrogens is 322 g/mol. The molecule has 8 heteroatoms. The predicted molar refractivity (Wildman–Crippen MR) is 88.0 cm³/mol. The van der Waals surface area contributed by atoms with Gasteiger partial charge in [-0.15, -0.1) is 5.10 Å². The molecule has 0 saturated carbocycles. The van der Waals surface area contributed by atoms with Crippen LogP contribution in [-0.4, -0.2) is 49.2 Å². The Kier molecular flexibility index (Phi) is 3.87. The lowest BCUT2D eigenvalue weighted by Crippen LogP contribution is -2.35. The van der Waals surface area contributed by atoms with E-state index in [1.165, 1.54) is 0 Å². The van der Waals surface area contributed by atoms with Crippen LogP contribution in [0.5, 0.6) is 0 Å². The zero-order chi connectivity index (χ0) is 17.6. The second-order valence-electron chi connectivity index (χ2n) is 7.33. The molecule has 0 spiro atoms. The van der Waals surface area contributed by atoms with Gasteiger partial charge in [-0.2, -0.15) is 0 Å². The fraction of sp³-hybridized carbons (Fsp3) is 0.647. The molecule has 8 nitrogen and oxygen atoms in total. The van der Waals surface area contributed by atoms with Crippen LogP contribution in [0.1, 0.15) is 66.7 Å². The molecule has 1 aliphatic heterocycles. The van der Waals surface area contributed by atoms with E-state index < -0.39 is 5.60 Å². The first-order valence-electron chi connectivity index (χ1n) is 8.89. The first kappa shape index (κ1) is 16.3. The van der Waals surface area contributed by atoms with Crippen LogP contribution in [0.15, 0.2) is 10.7 Å². The van der Waals surface area contributed by atoms with Crippen LogP contribution >= 0.6 is 0 Å². The number of nitrogens with zero attached hydrogens (tertiary/aromatic N) is 5. The maximum Gasteiger partial charge on any atom is 0.276 e. The minimum atomic E-state index is -1.16. The minimum absolute atomic E-state index is 0.168. The topological polar surface area (TPSA) is 97.3 Å². The van der Waals surface area contributed by atoms with Crippen LogP contribution in [-0.2, 0) is 18.4 Å². The quantitative estimate of drug-likeness (QED) is 0.904. The first-order valence-corrected chi connectivity index (χ1v) is 8.89. The second kappa shape index (κ2) is 5.94. The number of hydrogen-bond acceptors (Lipinski definition) is 6. The van der Waals surface area contributed by atoms with Gasteiger partial charge in [0.15, 0.2) is 5.69 Å². The molecule has 0 bridgehead atoms. The molecule has 2 aromatic rings. The molecule has 1 N–H and O–H groups in total. The van der Waals surface area contributed by atoms with Crippen LogP contribution in [0.2, 0.25) is 0 Å². The van der Waals surface area contributed by atoms with E-state index in [4.69, 9.17) is 4.52 Å². The lowest BCUT2D eigenvalue weighted by Gasteiger charge is -2.21. The molecule has 1 saturated heterocycles. The Labute approximate surface area is 145 Å². The van der Waals surface area contributed by atoms with E-state index in [2.05, 4.69) is 15.5 Å². The third-order valence-corrected chi connectivity index (χ3v) is 5.20. The summed E-state index contributed by atoms with van der Waals surface area (Å²) in [7, 11) is 0. The molecule has 1 aliphatic carbocycles. The number of hydrogen-bond donors (Lipinski definition) is 1. The number of likely N-dealkylation sites (tertiary alicyclic amines) is 1. The van der Waals surface area contributed by atoms with Gasteiger partial charge >= 0.3 is 0 Å². The Bertz CT molecular complexity index is 796. The lowest BCUT2D eigenvalue weighted by atomic mass is 9.96. The van der Waals surface area contributed by atoms with Gasteiger partial charge in [-0.1, -0.05) is 10.4 Å². The van der Waals surface area contributed by atoms with Crippen molar-refractivity contribution in [3.8, 4) is 0 Å². The molecule has 0 aromatic carbocycles. The first-order chi connectivity index (χ1) is 12.0. The van der Waals surface area contributed by atoms with E-state index in [1.54, 1.807) is 15.8 Å². The summed E-state index contributed by atoms with van der Waals surface area (Å²) in [5.41, 5.74) is 0.702. The maximum atomic E-state index is 12.9. The molecule has 4 rings (SSSR count). The summed E-state index contributed by atoms with van der Waals surface area (Å²) < 4.78 is 7.06. The molecule has 1 fully saturated rings. The number of fused-ring (bicyclic) bond motifs is 1. The van der Waals surface area contributed by atoms with Gasteiger partial charge in [-0.05, 0) is 33.1 Å². The van der Waals surface area contributed by atoms with Crippen molar-refractivity contribution in [1.82, 2.24) is 25.1 Å². The Morgan fingerprint density at radius 3 is 2.92 bits per heavy atom. The van der Waals surface area contributed by atoms with Gasteiger partial charge in [0.2, 0.25) is 0 Å². The van der Waals surface area contributed by atoms with E-state index in [0.29, 0.717) is 24.4 Å². The number of carbonyl (C=O) groups is 1. The molecule has 2 aliphatic rings. The van der Waals surface area contributed by atoms with E-state index in [9.17, 15) is 9.90 Å². The molecule has 1 amide bonds. The highest BCUT2D eigenvalue weighted by Crippen LogP contribution is 2.33. The van der Waals surface area contributed by atoms with E-state index in [0.717, 1.165) is 37.0 Å². The molecule has 2 aromatic heterocycles. The Morgan fingerprint density at radius 1 is 1.36 bits per heavy atom. The van der Waals surface area contributed by atoms with Crippen LogP contribution in [0.3, 0.4) is 0 Å².